The molecule has 6 nitrogen and oxygen atoms in total. The van der Waals surface area contributed by atoms with Gasteiger partial charge in [-0.1, -0.05) is 61.9 Å². The van der Waals surface area contributed by atoms with Crippen LogP contribution < -0.4 is 10.3 Å². The highest BCUT2D eigenvalue weighted by Gasteiger charge is 2.28. The van der Waals surface area contributed by atoms with Crippen LogP contribution in [-0.4, -0.2) is 24.0 Å². The second-order valence-electron chi connectivity index (χ2n) is 7.76. The zero-order valence-electron chi connectivity index (χ0n) is 19.8. The van der Waals surface area contributed by atoms with Crippen molar-refractivity contribution in [3.8, 4) is 16.9 Å². The molecule has 0 atom stereocenters. The predicted octanol–water partition coefficient (Wildman–Crippen LogP) is 4.75. The lowest BCUT2D eigenvalue weighted by molar-refractivity contribution is -0.110. The fourth-order valence-corrected chi connectivity index (χ4v) is 4.03. The molecular formula is C26H32N2O4. The van der Waals surface area contributed by atoms with Gasteiger partial charge in [0.2, 0.25) is 6.29 Å². The fraction of sp³-hybridized carbons (Fsp3) is 0.385. The molecule has 0 fully saturated rings. The molecule has 0 spiro atoms. The second kappa shape index (κ2) is 10.6. The number of aryl methyl sites for hydroxylation is 4. The Morgan fingerprint density at radius 3 is 2.09 bits per heavy atom. The normalized spacial score (nSPS) is 11.2. The topological polar surface area (TPSA) is 62.6 Å². The Morgan fingerprint density at radius 1 is 0.969 bits per heavy atom. The van der Waals surface area contributed by atoms with E-state index in [1.165, 1.54) is 10.2 Å². The van der Waals surface area contributed by atoms with Crippen LogP contribution in [0.4, 0.5) is 0 Å². The van der Waals surface area contributed by atoms with Crippen molar-refractivity contribution in [2.75, 3.05) is 14.2 Å². The first-order valence-corrected chi connectivity index (χ1v) is 10.9. The Balaban J connectivity index is 2.33. The maximum Gasteiger partial charge on any atom is 0.278 e. The summed E-state index contributed by atoms with van der Waals surface area (Å²) in [5.74, 6) is 0.402. The van der Waals surface area contributed by atoms with Crippen LogP contribution >= 0.6 is 0 Å². The lowest BCUT2D eigenvalue weighted by atomic mass is 9.90. The van der Waals surface area contributed by atoms with Crippen LogP contribution in [0.15, 0.2) is 47.3 Å². The van der Waals surface area contributed by atoms with Gasteiger partial charge in [-0.05, 0) is 42.0 Å². The molecule has 3 aromatic rings. The van der Waals surface area contributed by atoms with Gasteiger partial charge in [-0.2, -0.15) is 5.10 Å². The zero-order valence-corrected chi connectivity index (χ0v) is 19.8. The Kier molecular flexibility index (Phi) is 7.83. The van der Waals surface area contributed by atoms with E-state index in [0.29, 0.717) is 23.6 Å². The maximum atomic E-state index is 13.5. The van der Waals surface area contributed by atoms with Gasteiger partial charge in [0.25, 0.3) is 5.56 Å². The van der Waals surface area contributed by atoms with Crippen LogP contribution in [0.3, 0.4) is 0 Å². The molecule has 0 aliphatic rings. The summed E-state index contributed by atoms with van der Waals surface area (Å²) in [5, 5.41) is 4.47. The molecule has 0 aliphatic carbocycles. The van der Waals surface area contributed by atoms with E-state index in [0.717, 1.165) is 35.1 Å². The Hall–Kier alpha value is -2.96. The van der Waals surface area contributed by atoms with E-state index < -0.39 is 6.29 Å². The molecular weight excluding hydrogens is 404 g/mol. The highest BCUT2D eigenvalue weighted by Crippen LogP contribution is 2.38. The van der Waals surface area contributed by atoms with Crippen molar-refractivity contribution >= 4 is 0 Å². The molecule has 1 heterocycles. The van der Waals surface area contributed by atoms with Gasteiger partial charge in [-0.3, -0.25) is 4.79 Å². The van der Waals surface area contributed by atoms with Crippen molar-refractivity contribution in [1.29, 1.82) is 0 Å². The van der Waals surface area contributed by atoms with Crippen LogP contribution in [0.5, 0.6) is 5.75 Å². The smallest absolute Gasteiger partial charge is 0.278 e. The average Bonchev–Trinajstić information content (AvgIpc) is 2.81. The SMILES string of the molecule is CCc1cc(C)cc(CC)c1-c1c(OCc2ccccc2)c(C(OC)OC)nn(C)c1=O. The number of hydrogen-bond acceptors (Lipinski definition) is 5. The lowest BCUT2D eigenvalue weighted by Crippen LogP contribution is -2.27. The number of rotatable bonds is 9. The van der Waals surface area contributed by atoms with Crippen LogP contribution in [0.25, 0.3) is 11.1 Å². The van der Waals surface area contributed by atoms with Crippen molar-refractivity contribution in [3.63, 3.8) is 0 Å². The van der Waals surface area contributed by atoms with E-state index in [-0.39, 0.29) is 5.56 Å². The number of hydrogen-bond donors (Lipinski definition) is 0. The molecule has 0 aliphatic heterocycles. The molecule has 170 valence electrons. The summed E-state index contributed by atoms with van der Waals surface area (Å²) in [4.78, 5) is 13.5. The van der Waals surface area contributed by atoms with Crippen molar-refractivity contribution in [2.45, 2.75) is 46.5 Å². The van der Waals surface area contributed by atoms with E-state index in [2.05, 4.69) is 38.0 Å². The number of benzene rings is 2. The summed E-state index contributed by atoms with van der Waals surface area (Å²) in [5.41, 5.74) is 6.02. The first-order chi connectivity index (χ1) is 15.4. The first kappa shape index (κ1) is 23.7. The Labute approximate surface area is 189 Å². The van der Waals surface area contributed by atoms with E-state index in [9.17, 15) is 4.79 Å². The third kappa shape index (κ3) is 4.76. The summed E-state index contributed by atoms with van der Waals surface area (Å²) < 4.78 is 18.7. The molecule has 0 radical (unpaired) electrons. The second-order valence-corrected chi connectivity index (χ2v) is 7.76. The number of aromatic nitrogens is 2. The molecule has 0 N–H and O–H groups in total. The monoisotopic (exact) mass is 436 g/mol. The number of methoxy groups -OCH3 is 2. The molecule has 0 unspecified atom stereocenters. The summed E-state index contributed by atoms with van der Waals surface area (Å²) >= 11 is 0. The largest absolute Gasteiger partial charge is 0.486 e. The van der Waals surface area contributed by atoms with Crippen molar-refractivity contribution in [2.24, 2.45) is 7.05 Å². The molecule has 0 saturated carbocycles. The standard InChI is InChI=1S/C26H32N2O4/c1-7-19-14-17(3)15-20(8-2)21(19)22-24(32-16-18-12-10-9-11-13-18)23(26(30-5)31-6)27-28(4)25(22)29/h9-15,26H,7-8,16H2,1-6H3. The van der Waals surface area contributed by atoms with Crippen molar-refractivity contribution in [3.05, 3.63) is 80.8 Å². The molecule has 6 heteroatoms. The minimum atomic E-state index is -0.771. The molecule has 0 amide bonds. The van der Waals surface area contributed by atoms with Gasteiger partial charge in [0, 0.05) is 21.3 Å². The predicted molar refractivity (Wildman–Crippen MR) is 126 cm³/mol. The van der Waals surface area contributed by atoms with Gasteiger partial charge in [0.15, 0.2) is 11.4 Å². The van der Waals surface area contributed by atoms with Gasteiger partial charge in [0.05, 0.1) is 5.56 Å². The Bertz CT molecular complexity index is 1090. The fourth-order valence-electron chi connectivity index (χ4n) is 4.03. The summed E-state index contributed by atoms with van der Waals surface area (Å²) in [6, 6.07) is 14.1. The van der Waals surface area contributed by atoms with E-state index in [1.54, 1.807) is 21.3 Å². The van der Waals surface area contributed by atoms with Crippen LogP contribution in [0.2, 0.25) is 0 Å². The van der Waals surface area contributed by atoms with Crippen LogP contribution in [-0.2, 0) is 36.0 Å². The van der Waals surface area contributed by atoms with Crippen LogP contribution in [0.1, 0.15) is 48.1 Å². The average molecular weight is 437 g/mol. The molecule has 0 bridgehead atoms. The molecule has 2 aromatic carbocycles. The van der Waals surface area contributed by atoms with Gasteiger partial charge in [-0.15, -0.1) is 0 Å². The quantitative estimate of drug-likeness (QED) is 0.453. The number of ether oxygens (including phenoxy) is 3. The molecule has 1 aromatic heterocycles. The lowest BCUT2D eigenvalue weighted by Gasteiger charge is -2.23. The summed E-state index contributed by atoms with van der Waals surface area (Å²) in [6.45, 7) is 6.57. The minimum Gasteiger partial charge on any atom is -0.486 e. The van der Waals surface area contributed by atoms with Crippen molar-refractivity contribution < 1.29 is 14.2 Å². The summed E-state index contributed by atoms with van der Waals surface area (Å²) in [7, 11) is 4.73. The Morgan fingerprint density at radius 2 is 1.56 bits per heavy atom. The van der Waals surface area contributed by atoms with E-state index in [4.69, 9.17) is 14.2 Å². The van der Waals surface area contributed by atoms with Crippen molar-refractivity contribution in [1.82, 2.24) is 9.78 Å². The van der Waals surface area contributed by atoms with Crippen LogP contribution in [0, 0.1) is 6.92 Å². The van der Waals surface area contributed by atoms with E-state index >= 15 is 0 Å². The number of nitrogens with zero attached hydrogens (tertiary/aromatic N) is 2. The zero-order chi connectivity index (χ0) is 23.3. The van der Waals surface area contributed by atoms with E-state index in [1.807, 2.05) is 30.3 Å². The minimum absolute atomic E-state index is 0.212. The highest BCUT2D eigenvalue weighted by atomic mass is 16.7. The third-order valence-corrected chi connectivity index (χ3v) is 5.56. The first-order valence-electron chi connectivity index (χ1n) is 10.9. The highest BCUT2D eigenvalue weighted by molar-refractivity contribution is 5.77. The van der Waals surface area contributed by atoms with Gasteiger partial charge in [0.1, 0.15) is 6.61 Å². The summed E-state index contributed by atoms with van der Waals surface area (Å²) in [6.07, 6.45) is 0.814. The molecule has 0 saturated heterocycles. The molecule has 32 heavy (non-hydrogen) atoms. The maximum absolute atomic E-state index is 13.5. The van der Waals surface area contributed by atoms with Gasteiger partial charge < -0.3 is 14.2 Å². The third-order valence-electron chi connectivity index (χ3n) is 5.56. The van der Waals surface area contributed by atoms with Gasteiger partial charge in [-0.25, -0.2) is 4.68 Å². The molecule has 3 rings (SSSR count). The van der Waals surface area contributed by atoms with Gasteiger partial charge >= 0.3 is 0 Å².